The first-order valence-corrected chi connectivity index (χ1v) is 6.79. The summed E-state index contributed by atoms with van der Waals surface area (Å²) in [7, 11) is 1.75. The van der Waals surface area contributed by atoms with Gasteiger partial charge >= 0.3 is 0 Å². The third-order valence-corrected chi connectivity index (χ3v) is 3.80. The van der Waals surface area contributed by atoms with Crippen molar-refractivity contribution in [1.29, 1.82) is 0 Å². The van der Waals surface area contributed by atoms with Crippen molar-refractivity contribution in [1.82, 2.24) is 0 Å². The van der Waals surface area contributed by atoms with Crippen molar-refractivity contribution in [3.8, 4) is 0 Å². The summed E-state index contributed by atoms with van der Waals surface area (Å²) in [4.78, 5) is 0.354. The lowest BCUT2D eigenvalue weighted by atomic mass is 10.1. The topological polar surface area (TPSA) is 47.3 Å². The number of anilines is 1. The van der Waals surface area contributed by atoms with Gasteiger partial charge in [-0.15, -0.1) is 0 Å². The Hall–Kier alpha value is -0.840. The van der Waals surface area contributed by atoms with Gasteiger partial charge in [0.1, 0.15) is 4.99 Å². The van der Waals surface area contributed by atoms with Gasteiger partial charge in [0.05, 0.1) is 12.1 Å². The number of benzene rings is 1. The molecule has 0 amide bonds. The predicted octanol–water partition coefficient (Wildman–Crippen LogP) is 2.95. The third-order valence-electron chi connectivity index (χ3n) is 3.34. The van der Waals surface area contributed by atoms with Crippen LogP contribution in [0.1, 0.15) is 24.8 Å². The normalized spacial score (nSPS) is 23.0. The Labute approximate surface area is 118 Å². The fraction of sp³-hybridized carbons (Fsp3) is 0.462. The lowest BCUT2D eigenvalue weighted by Crippen LogP contribution is -2.30. The molecular weight excluding hydrogens is 268 g/mol. The van der Waals surface area contributed by atoms with Crippen LogP contribution in [0.3, 0.4) is 0 Å². The highest BCUT2D eigenvalue weighted by Gasteiger charge is 2.27. The molecule has 1 fully saturated rings. The third kappa shape index (κ3) is 2.94. The van der Waals surface area contributed by atoms with E-state index < -0.39 is 0 Å². The maximum absolute atomic E-state index is 5.97. The summed E-state index contributed by atoms with van der Waals surface area (Å²) in [5.74, 6) is 0. The molecule has 1 aromatic carbocycles. The highest BCUT2D eigenvalue weighted by Crippen LogP contribution is 2.28. The van der Waals surface area contributed by atoms with E-state index in [0.717, 1.165) is 24.1 Å². The van der Waals surface area contributed by atoms with E-state index in [2.05, 4.69) is 5.32 Å². The zero-order valence-corrected chi connectivity index (χ0v) is 11.9. The molecule has 2 atom stereocenters. The number of thiocarbonyl (C=S) groups is 1. The van der Waals surface area contributed by atoms with Crippen molar-refractivity contribution in [2.75, 3.05) is 12.4 Å². The van der Waals surface area contributed by atoms with E-state index in [0.29, 0.717) is 16.1 Å². The van der Waals surface area contributed by atoms with E-state index in [9.17, 15) is 0 Å². The Morgan fingerprint density at radius 2 is 2.28 bits per heavy atom. The van der Waals surface area contributed by atoms with E-state index in [1.807, 2.05) is 12.1 Å². The minimum atomic E-state index is 0.250. The fourth-order valence-corrected chi connectivity index (χ4v) is 2.76. The number of nitrogens with one attached hydrogen (secondary N) is 1. The summed E-state index contributed by atoms with van der Waals surface area (Å²) in [6.07, 6.45) is 3.61. The van der Waals surface area contributed by atoms with Crippen molar-refractivity contribution in [3.05, 3.63) is 28.8 Å². The van der Waals surface area contributed by atoms with E-state index in [1.165, 1.54) is 6.42 Å². The first-order valence-electron chi connectivity index (χ1n) is 6.00. The van der Waals surface area contributed by atoms with E-state index in [-0.39, 0.29) is 6.10 Å². The minimum Gasteiger partial charge on any atom is -0.389 e. The molecule has 0 heterocycles. The van der Waals surface area contributed by atoms with Crippen LogP contribution in [0.5, 0.6) is 0 Å². The number of hydrogen-bond acceptors (Lipinski definition) is 3. The Kier molecular flexibility index (Phi) is 4.43. The van der Waals surface area contributed by atoms with Gasteiger partial charge in [0.25, 0.3) is 0 Å². The first kappa shape index (κ1) is 13.6. The zero-order valence-electron chi connectivity index (χ0n) is 10.3. The molecule has 1 aliphatic carbocycles. The summed E-state index contributed by atoms with van der Waals surface area (Å²) in [6.45, 7) is 0. The van der Waals surface area contributed by atoms with Gasteiger partial charge in [0.2, 0.25) is 0 Å². The highest BCUT2D eigenvalue weighted by molar-refractivity contribution is 7.80. The molecule has 0 aliphatic heterocycles. The Bertz CT molecular complexity index is 453. The van der Waals surface area contributed by atoms with Crippen LogP contribution in [0.2, 0.25) is 5.02 Å². The van der Waals surface area contributed by atoms with Crippen molar-refractivity contribution >= 4 is 34.5 Å². The summed E-state index contributed by atoms with van der Waals surface area (Å²) < 4.78 is 5.47. The number of rotatable bonds is 4. The molecule has 2 rings (SSSR count). The highest BCUT2D eigenvalue weighted by atomic mass is 35.5. The van der Waals surface area contributed by atoms with E-state index in [4.69, 9.17) is 34.3 Å². The molecule has 3 N–H and O–H groups in total. The predicted molar refractivity (Wildman–Crippen MR) is 79.4 cm³/mol. The molecule has 0 aromatic heterocycles. The monoisotopic (exact) mass is 284 g/mol. The lowest BCUT2D eigenvalue weighted by molar-refractivity contribution is 0.101. The van der Waals surface area contributed by atoms with Gasteiger partial charge in [-0.1, -0.05) is 23.8 Å². The second-order valence-corrected chi connectivity index (χ2v) is 5.39. The Balaban J connectivity index is 2.20. The Morgan fingerprint density at radius 3 is 2.94 bits per heavy atom. The molecule has 98 valence electrons. The smallest absolute Gasteiger partial charge is 0.106 e. The van der Waals surface area contributed by atoms with Gasteiger partial charge in [-0.2, -0.15) is 0 Å². The number of hydrogen-bond donors (Lipinski definition) is 2. The van der Waals surface area contributed by atoms with Crippen LogP contribution in [0.4, 0.5) is 5.69 Å². The van der Waals surface area contributed by atoms with Crippen LogP contribution >= 0.6 is 23.8 Å². The molecule has 3 nitrogen and oxygen atoms in total. The summed E-state index contributed by atoms with van der Waals surface area (Å²) in [5, 5.41) is 4.10. The molecule has 1 aliphatic rings. The van der Waals surface area contributed by atoms with Gasteiger partial charge in [-0.25, -0.2) is 0 Å². The lowest BCUT2D eigenvalue weighted by Gasteiger charge is -2.22. The van der Waals surface area contributed by atoms with Crippen LogP contribution in [0.25, 0.3) is 0 Å². The SMILES string of the molecule is COC1CCCC1Nc1ccc(Cl)cc1C(N)=S. The van der Waals surface area contributed by atoms with Gasteiger partial charge in [-0.3, -0.25) is 0 Å². The summed E-state index contributed by atoms with van der Waals surface area (Å²) >= 11 is 11.0. The van der Waals surface area contributed by atoms with Crippen LogP contribution in [0.15, 0.2) is 18.2 Å². The molecule has 1 saturated carbocycles. The zero-order chi connectivity index (χ0) is 13.1. The fourth-order valence-electron chi connectivity index (χ4n) is 2.42. The van der Waals surface area contributed by atoms with Crippen LogP contribution in [-0.2, 0) is 4.74 Å². The standard InChI is InChI=1S/C13H17ClN2OS/c1-17-12-4-2-3-11(12)16-10-6-5-8(14)7-9(10)13(15)18/h5-7,11-12,16H,2-4H2,1H3,(H2,15,18). The maximum atomic E-state index is 5.97. The Morgan fingerprint density at radius 1 is 1.50 bits per heavy atom. The molecule has 0 radical (unpaired) electrons. The van der Waals surface area contributed by atoms with E-state index in [1.54, 1.807) is 13.2 Å². The molecule has 5 heteroatoms. The quantitative estimate of drug-likeness (QED) is 0.835. The van der Waals surface area contributed by atoms with Gasteiger partial charge in [0, 0.05) is 23.4 Å². The average Bonchev–Trinajstić information content (AvgIpc) is 2.78. The van der Waals surface area contributed by atoms with Crippen molar-refractivity contribution in [2.24, 2.45) is 5.73 Å². The van der Waals surface area contributed by atoms with Gasteiger partial charge in [-0.05, 0) is 37.5 Å². The molecule has 2 unspecified atom stereocenters. The summed E-state index contributed by atoms with van der Waals surface area (Å²) in [6, 6.07) is 5.86. The van der Waals surface area contributed by atoms with Crippen LogP contribution < -0.4 is 11.1 Å². The molecule has 18 heavy (non-hydrogen) atoms. The summed E-state index contributed by atoms with van der Waals surface area (Å²) in [5.41, 5.74) is 7.45. The molecule has 1 aromatic rings. The second-order valence-electron chi connectivity index (χ2n) is 4.51. The maximum Gasteiger partial charge on any atom is 0.106 e. The van der Waals surface area contributed by atoms with Gasteiger partial charge < -0.3 is 15.8 Å². The number of ether oxygens (including phenoxy) is 1. The number of methoxy groups -OCH3 is 1. The first-order chi connectivity index (χ1) is 8.61. The number of nitrogens with two attached hydrogens (primary N) is 1. The van der Waals surface area contributed by atoms with Crippen molar-refractivity contribution < 1.29 is 4.74 Å². The largest absolute Gasteiger partial charge is 0.389 e. The second kappa shape index (κ2) is 5.87. The minimum absolute atomic E-state index is 0.250. The average molecular weight is 285 g/mol. The van der Waals surface area contributed by atoms with Crippen molar-refractivity contribution in [2.45, 2.75) is 31.4 Å². The molecule has 0 saturated heterocycles. The van der Waals surface area contributed by atoms with E-state index >= 15 is 0 Å². The van der Waals surface area contributed by atoms with Gasteiger partial charge in [0.15, 0.2) is 0 Å². The molecular formula is C13H17ClN2OS. The van der Waals surface area contributed by atoms with Crippen molar-refractivity contribution in [3.63, 3.8) is 0 Å². The molecule has 0 spiro atoms. The van der Waals surface area contributed by atoms with Crippen LogP contribution in [0, 0.1) is 0 Å². The van der Waals surface area contributed by atoms with Crippen LogP contribution in [-0.4, -0.2) is 24.2 Å². The number of halogens is 1. The molecule has 0 bridgehead atoms.